The van der Waals surface area contributed by atoms with Crippen LogP contribution < -0.4 is 5.32 Å². The van der Waals surface area contributed by atoms with Crippen molar-refractivity contribution >= 4 is 23.2 Å². The van der Waals surface area contributed by atoms with Crippen LogP contribution in [-0.4, -0.2) is 5.91 Å². The first kappa shape index (κ1) is 14.0. The van der Waals surface area contributed by atoms with Crippen molar-refractivity contribution in [2.75, 3.05) is 5.32 Å². The third-order valence-corrected chi connectivity index (χ3v) is 2.75. The molecule has 100 valence electrons. The number of carbonyl (C=O) groups excluding carboxylic acids is 1. The van der Waals surface area contributed by atoms with Gasteiger partial charge in [0.2, 0.25) is 0 Å². The van der Waals surface area contributed by atoms with Gasteiger partial charge in [-0.05, 0) is 36.4 Å². The van der Waals surface area contributed by atoms with Crippen molar-refractivity contribution in [2.24, 2.45) is 0 Å². The fraction of sp³-hybridized carbons (Fsp3) is 0. The van der Waals surface area contributed by atoms with E-state index in [0.717, 1.165) is 18.2 Å². The van der Waals surface area contributed by atoms with Gasteiger partial charge in [-0.25, -0.2) is 8.78 Å². The number of nitriles is 1. The zero-order valence-corrected chi connectivity index (χ0v) is 10.7. The van der Waals surface area contributed by atoms with E-state index in [1.165, 1.54) is 18.2 Å². The fourth-order valence-corrected chi connectivity index (χ4v) is 1.72. The van der Waals surface area contributed by atoms with Crippen LogP contribution in [0.2, 0.25) is 5.02 Å². The molecule has 3 nitrogen and oxygen atoms in total. The molecular weight excluding hydrogens is 286 g/mol. The Morgan fingerprint density at radius 2 is 1.90 bits per heavy atom. The number of nitrogens with zero attached hydrogens (tertiary/aromatic N) is 1. The zero-order chi connectivity index (χ0) is 14.7. The number of nitrogens with one attached hydrogen (secondary N) is 1. The number of hydrogen-bond acceptors (Lipinski definition) is 2. The average molecular weight is 293 g/mol. The second-order valence-corrected chi connectivity index (χ2v) is 4.32. The first-order chi connectivity index (χ1) is 9.51. The van der Waals surface area contributed by atoms with E-state index >= 15 is 0 Å². The lowest BCUT2D eigenvalue weighted by molar-refractivity contribution is 0.102. The maximum absolute atomic E-state index is 13.6. The predicted octanol–water partition coefficient (Wildman–Crippen LogP) is 3.74. The zero-order valence-electron chi connectivity index (χ0n) is 9.95. The molecule has 0 radical (unpaired) electrons. The summed E-state index contributed by atoms with van der Waals surface area (Å²) in [5.41, 5.74) is -0.316. The minimum absolute atomic E-state index is 0.120. The number of amides is 1. The van der Waals surface area contributed by atoms with E-state index in [0.29, 0.717) is 0 Å². The lowest BCUT2D eigenvalue weighted by atomic mass is 10.1. The van der Waals surface area contributed by atoms with E-state index in [4.69, 9.17) is 16.9 Å². The summed E-state index contributed by atoms with van der Waals surface area (Å²) in [6, 6.07) is 8.81. The predicted molar refractivity (Wildman–Crippen MR) is 70.5 cm³/mol. The SMILES string of the molecule is N#Cc1ccc(NC(=O)c2cc(Cl)ccc2F)c(F)c1. The van der Waals surface area contributed by atoms with E-state index in [1.807, 2.05) is 0 Å². The summed E-state index contributed by atoms with van der Waals surface area (Å²) in [5, 5.41) is 11.0. The second-order valence-electron chi connectivity index (χ2n) is 3.88. The van der Waals surface area contributed by atoms with Crippen LogP contribution in [0, 0.1) is 23.0 Å². The van der Waals surface area contributed by atoms with Crippen LogP contribution >= 0.6 is 11.6 Å². The van der Waals surface area contributed by atoms with Gasteiger partial charge in [0.25, 0.3) is 5.91 Å². The Balaban J connectivity index is 2.28. The molecule has 0 atom stereocenters. The molecule has 0 aliphatic rings. The monoisotopic (exact) mass is 292 g/mol. The van der Waals surface area contributed by atoms with Gasteiger partial charge in [-0.2, -0.15) is 5.26 Å². The summed E-state index contributed by atoms with van der Waals surface area (Å²) in [7, 11) is 0. The van der Waals surface area contributed by atoms with Crippen molar-refractivity contribution in [2.45, 2.75) is 0 Å². The van der Waals surface area contributed by atoms with Gasteiger partial charge in [-0.15, -0.1) is 0 Å². The van der Waals surface area contributed by atoms with Crippen molar-refractivity contribution in [3.05, 3.63) is 64.2 Å². The van der Waals surface area contributed by atoms with Crippen LogP contribution in [0.15, 0.2) is 36.4 Å². The summed E-state index contributed by atoms with van der Waals surface area (Å²) in [6.45, 7) is 0. The lowest BCUT2D eigenvalue weighted by Gasteiger charge is -2.07. The van der Waals surface area contributed by atoms with Gasteiger partial charge in [0, 0.05) is 5.02 Å². The van der Waals surface area contributed by atoms with E-state index in [9.17, 15) is 13.6 Å². The normalized spacial score (nSPS) is 9.90. The molecule has 0 saturated heterocycles. The lowest BCUT2D eigenvalue weighted by Crippen LogP contribution is -2.14. The number of rotatable bonds is 2. The van der Waals surface area contributed by atoms with Crippen LogP contribution in [0.5, 0.6) is 0 Å². The third kappa shape index (κ3) is 2.92. The summed E-state index contributed by atoms with van der Waals surface area (Å²) in [4.78, 5) is 11.9. The molecule has 1 amide bonds. The van der Waals surface area contributed by atoms with E-state index in [-0.39, 0.29) is 21.8 Å². The Labute approximate surface area is 118 Å². The van der Waals surface area contributed by atoms with Gasteiger partial charge in [0.15, 0.2) is 0 Å². The molecule has 0 saturated carbocycles. The smallest absolute Gasteiger partial charge is 0.258 e. The average Bonchev–Trinajstić information content (AvgIpc) is 2.43. The summed E-state index contributed by atoms with van der Waals surface area (Å²) in [6.07, 6.45) is 0. The van der Waals surface area contributed by atoms with Gasteiger partial charge >= 0.3 is 0 Å². The molecule has 0 fully saturated rings. The molecule has 2 aromatic carbocycles. The third-order valence-electron chi connectivity index (χ3n) is 2.52. The minimum atomic E-state index is -0.825. The van der Waals surface area contributed by atoms with Crippen molar-refractivity contribution in [3.63, 3.8) is 0 Å². The number of anilines is 1. The van der Waals surface area contributed by atoms with Gasteiger partial charge in [-0.3, -0.25) is 4.79 Å². The number of hydrogen-bond donors (Lipinski definition) is 1. The molecule has 0 aliphatic carbocycles. The standard InChI is InChI=1S/C14H7ClF2N2O/c15-9-2-3-11(16)10(6-9)14(20)19-13-4-1-8(7-18)5-12(13)17/h1-6H,(H,19,20). The highest BCUT2D eigenvalue weighted by molar-refractivity contribution is 6.31. The number of halogens is 3. The Morgan fingerprint density at radius 3 is 2.55 bits per heavy atom. The number of benzene rings is 2. The molecule has 0 bridgehead atoms. The van der Waals surface area contributed by atoms with Crippen LogP contribution in [0.25, 0.3) is 0 Å². The Bertz CT molecular complexity index is 726. The molecule has 2 rings (SSSR count). The van der Waals surface area contributed by atoms with E-state index in [2.05, 4.69) is 5.32 Å². The topological polar surface area (TPSA) is 52.9 Å². The van der Waals surface area contributed by atoms with Gasteiger partial charge in [0.05, 0.1) is 22.9 Å². The fourth-order valence-electron chi connectivity index (χ4n) is 1.55. The molecule has 0 aliphatic heterocycles. The highest BCUT2D eigenvalue weighted by Gasteiger charge is 2.14. The molecule has 1 N–H and O–H groups in total. The first-order valence-corrected chi connectivity index (χ1v) is 5.85. The highest BCUT2D eigenvalue weighted by atomic mass is 35.5. The Kier molecular flexibility index (Phi) is 3.97. The molecule has 0 aromatic heterocycles. The Morgan fingerprint density at radius 1 is 1.15 bits per heavy atom. The molecule has 2 aromatic rings. The second kappa shape index (κ2) is 5.68. The molecule has 20 heavy (non-hydrogen) atoms. The molecular formula is C14H7ClF2N2O. The van der Waals surface area contributed by atoms with E-state index in [1.54, 1.807) is 6.07 Å². The van der Waals surface area contributed by atoms with Crippen LogP contribution in [0.3, 0.4) is 0 Å². The summed E-state index contributed by atoms with van der Waals surface area (Å²) >= 11 is 5.68. The van der Waals surface area contributed by atoms with Crippen LogP contribution in [-0.2, 0) is 0 Å². The maximum Gasteiger partial charge on any atom is 0.258 e. The van der Waals surface area contributed by atoms with Crippen LogP contribution in [0.4, 0.5) is 14.5 Å². The van der Waals surface area contributed by atoms with Gasteiger partial charge < -0.3 is 5.32 Å². The van der Waals surface area contributed by atoms with Gasteiger partial charge in [0.1, 0.15) is 11.6 Å². The largest absolute Gasteiger partial charge is 0.319 e. The molecule has 0 spiro atoms. The van der Waals surface area contributed by atoms with Crippen molar-refractivity contribution in [1.29, 1.82) is 5.26 Å². The molecule has 0 heterocycles. The minimum Gasteiger partial charge on any atom is -0.319 e. The first-order valence-electron chi connectivity index (χ1n) is 5.47. The summed E-state index contributed by atoms with van der Waals surface area (Å²) in [5.74, 6) is -2.37. The summed E-state index contributed by atoms with van der Waals surface area (Å²) < 4.78 is 27.1. The molecule has 0 unspecified atom stereocenters. The Hall–Kier alpha value is -2.45. The quantitative estimate of drug-likeness (QED) is 0.916. The van der Waals surface area contributed by atoms with Crippen LogP contribution in [0.1, 0.15) is 15.9 Å². The highest BCUT2D eigenvalue weighted by Crippen LogP contribution is 2.19. The van der Waals surface area contributed by atoms with Crippen molar-refractivity contribution in [3.8, 4) is 6.07 Å². The van der Waals surface area contributed by atoms with Crippen molar-refractivity contribution in [1.82, 2.24) is 0 Å². The van der Waals surface area contributed by atoms with Crippen molar-refractivity contribution < 1.29 is 13.6 Å². The molecule has 6 heteroatoms. The van der Waals surface area contributed by atoms with Gasteiger partial charge in [-0.1, -0.05) is 11.6 Å². The van der Waals surface area contributed by atoms with E-state index < -0.39 is 17.5 Å². The maximum atomic E-state index is 13.6. The number of carbonyl (C=O) groups is 1.